The molecule has 26 nitrogen and oxygen atoms in total. The zero-order valence-corrected chi connectivity index (χ0v) is 56.6. The second kappa shape index (κ2) is 37.2. The third kappa shape index (κ3) is 20.8. The summed E-state index contributed by atoms with van der Waals surface area (Å²) in [7, 11) is 0. The van der Waals surface area contributed by atoms with Crippen molar-refractivity contribution in [3.05, 3.63) is 180 Å². The number of thioether (sulfide) groups is 2. The number of carbonyl (C=O) groups excluding carboxylic acids is 6. The van der Waals surface area contributed by atoms with Gasteiger partial charge in [0.15, 0.2) is 0 Å². The Morgan fingerprint density at radius 1 is 0.460 bits per heavy atom. The predicted octanol–water partition coefficient (Wildman–Crippen LogP) is 3.60. The summed E-state index contributed by atoms with van der Waals surface area (Å²) in [5.74, 6) is -9.82. The Morgan fingerprint density at radius 3 is 1.15 bits per heavy atom. The van der Waals surface area contributed by atoms with Gasteiger partial charge in [0.1, 0.15) is 24.4 Å². The van der Waals surface area contributed by atoms with E-state index < -0.39 is 146 Å². The van der Waals surface area contributed by atoms with Crippen LogP contribution in [0.1, 0.15) is 81.0 Å². The molecule has 0 aliphatic carbocycles. The van der Waals surface area contributed by atoms with Gasteiger partial charge in [-0.15, -0.1) is 0 Å². The smallest absolute Gasteiger partial charge is 0.364 e. The van der Waals surface area contributed by atoms with Gasteiger partial charge in [-0.1, -0.05) is 121 Å². The van der Waals surface area contributed by atoms with Gasteiger partial charge in [-0.3, -0.25) is 28.8 Å². The largest absolute Gasteiger partial charge is 0.477 e. The summed E-state index contributed by atoms with van der Waals surface area (Å²) in [5, 5.41) is 104. The van der Waals surface area contributed by atoms with Gasteiger partial charge >= 0.3 is 11.9 Å². The van der Waals surface area contributed by atoms with E-state index in [1.807, 2.05) is 60.7 Å². The van der Waals surface area contributed by atoms with Crippen molar-refractivity contribution in [3.63, 3.8) is 0 Å². The Labute approximate surface area is 585 Å². The molecular weight excluding hydrogens is 1330 g/mol. The minimum absolute atomic E-state index is 0.198. The van der Waals surface area contributed by atoms with Crippen LogP contribution in [-0.4, -0.2) is 223 Å². The lowest BCUT2D eigenvalue weighted by Gasteiger charge is -2.46. The fourth-order valence-electron chi connectivity index (χ4n) is 11.6. The monoisotopic (exact) mass is 1420 g/mol. The molecule has 2 fully saturated rings. The van der Waals surface area contributed by atoms with E-state index in [2.05, 4.69) is 31.9 Å². The quantitative estimate of drug-likeness (QED) is 0.0253. The zero-order valence-electron chi connectivity index (χ0n) is 55.0. The Hall–Kier alpha value is -8.62. The van der Waals surface area contributed by atoms with Crippen molar-refractivity contribution in [2.75, 3.05) is 62.4 Å². The van der Waals surface area contributed by atoms with E-state index >= 15 is 0 Å². The molecule has 0 radical (unpaired) electrons. The van der Waals surface area contributed by atoms with Crippen molar-refractivity contribution in [1.82, 2.24) is 31.9 Å². The maximum Gasteiger partial charge on any atom is 0.364 e. The number of amides is 6. The van der Waals surface area contributed by atoms with Gasteiger partial charge < -0.3 is 91.7 Å². The van der Waals surface area contributed by atoms with E-state index in [9.17, 15) is 79.2 Å². The summed E-state index contributed by atoms with van der Waals surface area (Å²) in [6, 6.07) is 43.2. The van der Waals surface area contributed by atoms with Gasteiger partial charge in [0.2, 0.25) is 11.8 Å². The van der Waals surface area contributed by atoms with Crippen molar-refractivity contribution in [2.45, 2.75) is 112 Å². The molecule has 2 aliphatic rings. The number of carbonyl (C=O) groups is 8. The normalized spacial score (nSPS) is 21.6. The number of aliphatic hydroxyl groups is 6. The van der Waals surface area contributed by atoms with E-state index in [4.69, 9.17) is 18.9 Å². The van der Waals surface area contributed by atoms with Crippen LogP contribution < -0.4 is 31.9 Å². The van der Waals surface area contributed by atoms with Crippen molar-refractivity contribution in [1.29, 1.82) is 0 Å². The number of aliphatic carboxylic acids is 2. The first-order valence-corrected chi connectivity index (χ1v) is 34.8. The first kappa shape index (κ1) is 77.1. The topological polar surface area (TPSA) is 408 Å². The van der Waals surface area contributed by atoms with Crippen LogP contribution in [0.4, 0.5) is 0 Å². The lowest BCUT2D eigenvalue weighted by atomic mass is 9.88. The minimum Gasteiger partial charge on any atom is -0.477 e. The van der Waals surface area contributed by atoms with Gasteiger partial charge in [-0.05, 0) is 94.1 Å². The molecule has 0 spiro atoms. The third-order valence-corrected chi connectivity index (χ3v) is 18.8. The highest BCUT2D eigenvalue weighted by atomic mass is 32.2. The number of aliphatic hydroxyl groups excluding tert-OH is 6. The highest BCUT2D eigenvalue weighted by Crippen LogP contribution is 2.36. The van der Waals surface area contributed by atoms with E-state index in [-0.39, 0.29) is 50.3 Å². The molecule has 12 atom stereocenters. The average molecular weight is 1420 g/mol. The van der Waals surface area contributed by atoms with Crippen molar-refractivity contribution in [2.24, 2.45) is 0 Å². The fourth-order valence-corrected chi connectivity index (χ4v) is 13.1. The summed E-state index contributed by atoms with van der Waals surface area (Å²) in [6.45, 7) is 1.31. The first-order chi connectivity index (χ1) is 48.0. The molecule has 28 heteroatoms. The average Bonchev–Trinajstić information content (AvgIpc) is 0.775. The lowest BCUT2D eigenvalue weighted by Crippen LogP contribution is -2.68. The first-order valence-electron chi connectivity index (χ1n) is 32.5. The van der Waals surface area contributed by atoms with Crippen molar-refractivity contribution < 1.29 is 98.2 Å². The molecule has 0 unspecified atom stereocenters. The van der Waals surface area contributed by atoms with E-state index in [1.165, 1.54) is 23.5 Å². The van der Waals surface area contributed by atoms with Crippen LogP contribution in [0, 0.1) is 0 Å². The standard InChI is InChI=1S/C72H84N6O20S2/c1-43(79)77-59-55(81)39-71(69(91)92,97-63(59)61(85)57(83)41-75-65(87)49-27-23-47(24-28-49)45-15-5-3-6-16-45)95-33-13-35-99-37-31-73-67(89)53-21-11-9-19-51(53)52-20-10-12-22-54(52)68(90)74-32-38-100-36-14-34-96-72(70(93)94)40-56(82)60(78-44(2)80)64(98-72)62(86)58(84)42-76-66(88)50-29-25-48(26-30-50)46-17-7-4-8-18-46/h3-12,15-30,55-64,81-86H,13-14,31-42H2,1-2H3,(H,73,89)(H,74,90)(H,75,87)(H,76,88)(H,77,79)(H,78,80)(H,91,92)(H,93,94)/t55-,56-,57+,58+,59+,60+,61+,62+,63+,64+,71+,72+/m0/s1. The number of carboxylic acid groups (broad SMARTS) is 2. The molecule has 6 aromatic rings. The molecule has 2 aliphatic heterocycles. The summed E-state index contributed by atoms with van der Waals surface area (Å²) in [5.41, 5.74) is 5.75. The third-order valence-electron chi connectivity index (χ3n) is 16.7. The van der Waals surface area contributed by atoms with E-state index in [0.717, 1.165) is 36.1 Å². The predicted molar refractivity (Wildman–Crippen MR) is 372 cm³/mol. The number of benzene rings is 6. The molecule has 2 heterocycles. The number of ether oxygens (including phenoxy) is 4. The van der Waals surface area contributed by atoms with Crippen LogP contribution in [0.3, 0.4) is 0 Å². The SMILES string of the molecule is CC(=O)N[C@H]1[C@H]([C@H](O)[C@H](O)CNC(=O)c2ccc(-c3ccccc3)cc2)O[C@@](OCCCSCCNC(=O)c2ccccc2-c2ccccc2C(=O)NCCSCCCO[C@]2(C(=O)O)C[C@H](O)[C@@H](NC(C)=O)[C@H]([C@H](O)[C@H](O)CNC(=O)c3ccc(-c4ccccc4)cc3)O2)(C(=O)O)C[C@@H]1O. The lowest BCUT2D eigenvalue weighted by molar-refractivity contribution is -0.310. The van der Waals surface area contributed by atoms with Crippen molar-refractivity contribution in [3.8, 4) is 33.4 Å². The Kier molecular flexibility index (Phi) is 28.7. The molecular formula is C72H84N6O20S2. The number of hydrogen-bond acceptors (Lipinski definition) is 20. The number of hydrogen-bond donors (Lipinski definition) is 14. The molecule has 2 saturated heterocycles. The Bertz CT molecular complexity index is 3490. The van der Waals surface area contributed by atoms with Gasteiger partial charge in [-0.25, -0.2) is 9.59 Å². The summed E-state index contributed by atoms with van der Waals surface area (Å²) in [4.78, 5) is 104. The highest BCUT2D eigenvalue weighted by molar-refractivity contribution is 7.99. The second-order valence-corrected chi connectivity index (χ2v) is 26.4. The summed E-state index contributed by atoms with van der Waals surface area (Å²) >= 11 is 2.84. The van der Waals surface area contributed by atoms with Crippen LogP contribution in [0.5, 0.6) is 0 Å². The highest BCUT2D eigenvalue weighted by Gasteiger charge is 2.57. The summed E-state index contributed by atoms with van der Waals surface area (Å²) < 4.78 is 23.4. The molecule has 8 rings (SSSR count). The Balaban J connectivity index is 0.753. The summed E-state index contributed by atoms with van der Waals surface area (Å²) in [6.07, 6.45) is -14.8. The van der Waals surface area contributed by atoms with Gasteiger partial charge in [-0.2, -0.15) is 23.5 Å². The second-order valence-electron chi connectivity index (χ2n) is 23.9. The maximum absolute atomic E-state index is 13.7. The fraction of sp³-hybridized carbons (Fsp3) is 0.389. The van der Waals surface area contributed by atoms with Crippen LogP contribution in [-0.2, 0) is 38.1 Å². The molecule has 534 valence electrons. The van der Waals surface area contributed by atoms with E-state index in [0.29, 0.717) is 45.3 Å². The zero-order chi connectivity index (χ0) is 71.9. The molecule has 100 heavy (non-hydrogen) atoms. The number of carboxylic acids is 2. The minimum atomic E-state index is -2.51. The van der Waals surface area contributed by atoms with Gasteiger partial charge in [0, 0.05) is 86.6 Å². The van der Waals surface area contributed by atoms with Gasteiger partial charge in [0.25, 0.3) is 35.2 Å². The van der Waals surface area contributed by atoms with E-state index in [1.54, 1.807) is 97.1 Å². The van der Waals surface area contributed by atoms with Crippen LogP contribution in [0.25, 0.3) is 33.4 Å². The number of nitrogens with one attached hydrogen (secondary N) is 6. The van der Waals surface area contributed by atoms with Crippen LogP contribution >= 0.6 is 23.5 Å². The molecule has 0 aromatic heterocycles. The molecule has 6 amide bonds. The van der Waals surface area contributed by atoms with Crippen molar-refractivity contribution >= 4 is 70.9 Å². The maximum atomic E-state index is 13.7. The Morgan fingerprint density at radius 2 is 0.800 bits per heavy atom. The van der Waals surface area contributed by atoms with Gasteiger partial charge in [0.05, 0.1) is 49.7 Å². The van der Waals surface area contributed by atoms with Crippen LogP contribution in [0.15, 0.2) is 158 Å². The van der Waals surface area contributed by atoms with Crippen LogP contribution in [0.2, 0.25) is 0 Å². The molecule has 14 N–H and O–H groups in total. The molecule has 0 bridgehead atoms. The number of rotatable bonds is 35. The molecule has 0 saturated carbocycles. The molecule has 6 aromatic carbocycles.